The first kappa shape index (κ1) is 15.4. The Kier molecular flexibility index (Phi) is 4.73. The van der Waals surface area contributed by atoms with Gasteiger partial charge >= 0.3 is 0 Å². The highest BCUT2D eigenvalue weighted by molar-refractivity contribution is 5.20. The molecule has 20 heavy (non-hydrogen) atoms. The van der Waals surface area contributed by atoms with Gasteiger partial charge in [-0.1, -0.05) is 6.07 Å². The van der Waals surface area contributed by atoms with E-state index in [9.17, 15) is 8.78 Å². The predicted molar refractivity (Wildman–Crippen MR) is 72.4 cm³/mol. The molecule has 1 heterocycles. The maximum atomic E-state index is 13.6. The van der Waals surface area contributed by atoms with Crippen LogP contribution in [-0.4, -0.2) is 31.1 Å². The van der Waals surface area contributed by atoms with Gasteiger partial charge in [-0.25, -0.2) is 8.78 Å². The number of benzene rings is 1. The van der Waals surface area contributed by atoms with E-state index in [1.54, 1.807) is 0 Å². The second-order valence-corrected chi connectivity index (χ2v) is 5.69. The molecule has 2 rings (SSSR count). The van der Waals surface area contributed by atoms with E-state index in [1.165, 1.54) is 18.2 Å². The van der Waals surface area contributed by atoms with Crippen LogP contribution < -0.4 is 5.32 Å². The third kappa shape index (κ3) is 3.98. The molecule has 1 aliphatic heterocycles. The quantitative estimate of drug-likeness (QED) is 0.922. The Balaban J connectivity index is 1.88. The molecule has 3 nitrogen and oxygen atoms in total. The first-order valence-electron chi connectivity index (χ1n) is 6.84. The van der Waals surface area contributed by atoms with Crippen LogP contribution in [0.5, 0.6) is 0 Å². The minimum absolute atomic E-state index is 0.0351. The molecule has 0 radical (unpaired) electrons. The molecule has 5 heteroatoms. The van der Waals surface area contributed by atoms with Crippen LogP contribution in [0, 0.1) is 11.6 Å². The van der Waals surface area contributed by atoms with Crippen molar-refractivity contribution >= 4 is 0 Å². The van der Waals surface area contributed by atoms with Gasteiger partial charge in [0.05, 0.1) is 19.3 Å². The average Bonchev–Trinajstić information content (AvgIpc) is 2.37. The summed E-state index contributed by atoms with van der Waals surface area (Å²) in [5, 5.41) is 3.28. The third-order valence-electron chi connectivity index (χ3n) is 3.36. The van der Waals surface area contributed by atoms with Crippen molar-refractivity contribution in [1.29, 1.82) is 0 Å². The van der Waals surface area contributed by atoms with Crippen molar-refractivity contribution in [2.45, 2.75) is 45.1 Å². The summed E-state index contributed by atoms with van der Waals surface area (Å²) in [7, 11) is 0. The lowest BCUT2D eigenvalue weighted by Gasteiger charge is -2.36. The Bertz CT molecular complexity index is 435. The molecule has 0 amide bonds. The van der Waals surface area contributed by atoms with Crippen LogP contribution in [-0.2, 0) is 15.9 Å². The predicted octanol–water partition coefficient (Wildman–Crippen LogP) is 2.64. The smallest absolute Gasteiger partial charge is 0.162 e. The lowest BCUT2D eigenvalue weighted by molar-refractivity contribution is -0.253. The van der Waals surface area contributed by atoms with Gasteiger partial charge in [0.1, 0.15) is 11.6 Å². The SMILES string of the molecule is CC(Cc1c(F)cccc1F)NC1COC(C)(C)OC1. The number of halogens is 2. The monoisotopic (exact) mass is 285 g/mol. The van der Waals surface area contributed by atoms with Crippen molar-refractivity contribution < 1.29 is 18.3 Å². The number of hydrogen-bond acceptors (Lipinski definition) is 3. The normalized spacial score (nSPS) is 20.9. The number of nitrogens with one attached hydrogen (secondary N) is 1. The summed E-state index contributed by atoms with van der Waals surface area (Å²) in [6, 6.07) is 3.89. The largest absolute Gasteiger partial charge is 0.349 e. The van der Waals surface area contributed by atoms with E-state index in [0.717, 1.165) is 0 Å². The van der Waals surface area contributed by atoms with Crippen LogP contribution >= 0.6 is 0 Å². The van der Waals surface area contributed by atoms with Crippen LogP contribution in [0.4, 0.5) is 8.78 Å². The summed E-state index contributed by atoms with van der Waals surface area (Å²) >= 11 is 0. The van der Waals surface area contributed by atoms with Crippen molar-refractivity contribution in [2.75, 3.05) is 13.2 Å². The lowest BCUT2D eigenvalue weighted by Crippen LogP contribution is -2.51. The Hall–Kier alpha value is -1.04. The van der Waals surface area contributed by atoms with Crippen LogP contribution in [0.25, 0.3) is 0 Å². The molecule has 0 aliphatic carbocycles. The summed E-state index contributed by atoms with van der Waals surface area (Å²) < 4.78 is 38.2. The zero-order chi connectivity index (χ0) is 14.8. The van der Waals surface area contributed by atoms with E-state index in [2.05, 4.69) is 5.32 Å². The van der Waals surface area contributed by atoms with Crippen LogP contribution in [0.2, 0.25) is 0 Å². The summed E-state index contributed by atoms with van der Waals surface area (Å²) in [6.45, 7) is 6.67. The molecule has 1 atom stereocenters. The maximum absolute atomic E-state index is 13.6. The first-order valence-corrected chi connectivity index (χ1v) is 6.84. The molecule has 112 valence electrons. The minimum Gasteiger partial charge on any atom is -0.349 e. The van der Waals surface area contributed by atoms with E-state index in [4.69, 9.17) is 9.47 Å². The molecule has 0 bridgehead atoms. The summed E-state index contributed by atoms with van der Waals surface area (Å²) in [4.78, 5) is 0. The van der Waals surface area contributed by atoms with Gasteiger partial charge < -0.3 is 14.8 Å². The molecule has 0 spiro atoms. The zero-order valence-corrected chi connectivity index (χ0v) is 12.1. The molecule has 0 saturated carbocycles. The first-order chi connectivity index (χ1) is 9.37. The van der Waals surface area contributed by atoms with E-state index >= 15 is 0 Å². The summed E-state index contributed by atoms with van der Waals surface area (Å²) in [5.41, 5.74) is 0.116. The van der Waals surface area contributed by atoms with Gasteiger partial charge in [0.25, 0.3) is 0 Å². The fourth-order valence-corrected chi connectivity index (χ4v) is 2.28. The van der Waals surface area contributed by atoms with Crippen LogP contribution in [0.1, 0.15) is 26.3 Å². The van der Waals surface area contributed by atoms with Crippen molar-refractivity contribution in [1.82, 2.24) is 5.32 Å². The molecule has 1 fully saturated rings. The molecule has 1 aromatic carbocycles. The van der Waals surface area contributed by atoms with Crippen molar-refractivity contribution in [3.63, 3.8) is 0 Å². The van der Waals surface area contributed by atoms with Crippen LogP contribution in [0.15, 0.2) is 18.2 Å². The van der Waals surface area contributed by atoms with Crippen molar-refractivity contribution in [3.8, 4) is 0 Å². The fraction of sp³-hybridized carbons (Fsp3) is 0.600. The summed E-state index contributed by atoms with van der Waals surface area (Å²) in [5.74, 6) is -1.56. The molecule has 1 aliphatic rings. The fourth-order valence-electron chi connectivity index (χ4n) is 2.28. The Morgan fingerprint density at radius 3 is 2.35 bits per heavy atom. The maximum Gasteiger partial charge on any atom is 0.162 e. The van der Waals surface area contributed by atoms with Gasteiger partial charge in [-0.15, -0.1) is 0 Å². The van der Waals surface area contributed by atoms with E-state index in [0.29, 0.717) is 19.6 Å². The Morgan fingerprint density at radius 2 is 1.80 bits per heavy atom. The van der Waals surface area contributed by atoms with E-state index < -0.39 is 17.4 Å². The average molecular weight is 285 g/mol. The Labute approximate surface area is 118 Å². The highest BCUT2D eigenvalue weighted by atomic mass is 19.1. The second-order valence-electron chi connectivity index (χ2n) is 5.69. The molecule has 1 unspecified atom stereocenters. The molecule has 1 aromatic rings. The third-order valence-corrected chi connectivity index (χ3v) is 3.36. The van der Waals surface area contributed by atoms with Gasteiger partial charge in [-0.2, -0.15) is 0 Å². The highest BCUT2D eigenvalue weighted by Crippen LogP contribution is 2.18. The molecule has 1 N–H and O–H groups in total. The number of rotatable bonds is 4. The molecular formula is C15H21F2NO2. The lowest BCUT2D eigenvalue weighted by atomic mass is 10.0. The van der Waals surface area contributed by atoms with E-state index in [1.807, 2.05) is 20.8 Å². The molecule has 1 saturated heterocycles. The van der Waals surface area contributed by atoms with Gasteiger partial charge in [-0.3, -0.25) is 0 Å². The van der Waals surface area contributed by atoms with Gasteiger partial charge in [-0.05, 0) is 39.3 Å². The minimum atomic E-state index is -0.556. The number of hydrogen-bond donors (Lipinski definition) is 1. The van der Waals surface area contributed by atoms with Crippen molar-refractivity contribution in [3.05, 3.63) is 35.4 Å². The van der Waals surface area contributed by atoms with Gasteiger partial charge in [0, 0.05) is 11.6 Å². The van der Waals surface area contributed by atoms with Gasteiger partial charge in [0.15, 0.2) is 5.79 Å². The van der Waals surface area contributed by atoms with E-state index in [-0.39, 0.29) is 17.6 Å². The zero-order valence-electron chi connectivity index (χ0n) is 12.1. The summed E-state index contributed by atoms with van der Waals surface area (Å²) in [6.07, 6.45) is 0.290. The van der Waals surface area contributed by atoms with Crippen molar-refractivity contribution in [2.24, 2.45) is 0 Å². The topological polar surface area (TPSA) is 30.5 Å². The molecular weight excluding hydrogens is 264 g/mol. The van der Waals surface area contributed by atoms with Gasteiger partial charge in [0.2, 0.25) is 0 Å². The Morgan fingerprint density at radius 1 is 1.25 bits per heavy atom. The number of ether oxygens (including phenoxy) is 2. The second kappa shape index (κ2) is 6.16. The van der Waals surface area contributed by atoms with Crippen LogP contribution in [0.3, 0.4) is 0 Å². The highest BCUT2D eigenvalue weighted by Gasteiger charge is 2.29. The standard InChI is InChI=1S/C15H21F2NO2/c1-10(7-12-13(16)5-4-6-14(12)17)18-11-8-19-15(2,3)20-9-11/h4-6,10-11,18H,7-9H2,1-3H3. The molecule has 0 aromatic heterocycles.